The van der Waals surface area contributed by atoms with Crippen LogP contribution in [0.3, 0.4) is 0 Å². The standard InChI is InChI=1S/C19H21N5O2S/c1-13(15-8-4-5-9-16(15)26-3)21-17(25)12-27-19-23-22-18(24(19)2)14-7-6-10-20-11-14/h4-11,13H,12H2,1-3H3,(H,21,25). The Balaban J connectivity index is 1.61. The topological polar surface area (TPSA) is 81.9 Å². The van der Waals surface area contributed by atoms with Crippen LogP contribution in [0, 0.1) is 0 Å². The molecule has 8 heteroatoms. The third kappa shape index (κ3) is 4.46. The largest absolute Gasteiger partial charge is 0.496 e. The van der Waals surface area contributed by atoms with Gasteiger partial charge in [0.15, 0.2) is 11.0 Å². The zero-order valence-electron chi connectivity index (χ0n) is 15.4. The molecule has 0 bridgehead atoms. The summed E-state index contributed by atoms with van der Waals surface area (Å²) in [5.41, 5.74) is 1.82. The van der Waals surface area contributed by atoms with Crippen LogP contribution in [0.4, 0.5) is 0 Å². The highest BCUT2D eigenvalue weighted by Crippen LogP contribution is 2.25. The number of hydrogen-bond donors (Lipinski definition) is 1. The molecule has 0 fully saturated rings. The van der Waals surface area contributed by atoms with E-state index in [0.29, 0.717) is 11.0 Å². The van der Waals surface area contributed by atoms with Crippen LogP contribution in [0.5, 0.6) is 5.75 Å². The molecule has 3 rings (SSSR count). The fraction of sp³-hybridized carbons (Fsp3) is 0.263. The first kappa shape index (κ1) is 18.9. The Morgan fingerprint density at radius 3 is 2.81 bits per heavy atom. The first-order valence-corrected chi connectivity index (χ1v) is 9.43. The third-order valence-electron chi connectivity index (χ3n) is 4.07. The summed E-state index contributed by atoms with van der Waals surface area (Å²) in [6.45, 7) is 1.93. The molecule has 1 unspecified atom stereocenters. The van der Waals surface area contributed by atoms with Crippen LogP contribution in [-0.4, -0.2) is 38.5 Å². The van der Waals surface area contributed by atoms with E-state index in [1.165, 1.54) is 11.8 Å². The number of carbonyl (C=O) groups excluding carboxylic acids is 1. The van der Waals surface area contributed by atoms with Crippen molar-refractivity contribution < 1.29 is 9.53 Å². The van der Waals surface area contributed by atoms with E-state index in [1.807, 2.05) is 54.9 Å². The average molecular weight is 383 g/mol. The van der Waals surface area contributed by atoms with E-state index in [0.717, 1.165) is 16.9 Å². The van der Waals surface area contributed by atoms with Crippen molar-refractivity contribution in [1.82, 2.24) is 25.1 Å². The molecule has 140 valence electrons. The number of methoxy groups -OCH3 is 1. The smallest absolute Gasteiger partial charge is 0.230 e. The highest BCUT2D eigenvalue weighted by molar-refractivity contribution is 7.99. The SMILES string of the molecule is COc1ccccc1C(C)NC(=O)CSc1nnc(-c2cccnc2)n1C. The Bertz CT molecular complexity index is 913. The highest BCUT2D eigenvalue weighted by Gasteiger charge is 2.16. The molecule has 1 N–H and O–H groups in total. The van der Waals surface area contributed by atoms with Gasteiger partial charge in [-0.1, -0.05) is 30.0 Å². The van der Waals surface area contributed by atoms with Gasteiger partial charge in [0, 0.05) is 30.6 Å². The van der Waals surface area contributed by atoms with Gasteiger partial charge in [0.1, 0.15) is 5.75 Å². The minimum absolute atomic E-state index is 0.0793. The Labute approximate surface area is 162 Å². The van der Waals surface area contributed by atoms with Crippen LogP contribution in [0.25, 0.3) is 11.4 Å². The molecule has 3 aromatic rings. The van der Waals surface area contributed by atoms with Gasteiger partial charge in [-0.05, 0) is 25.1 Å². The molecule has 1 amide bonds. The second-order valence-corrected chi connectivity index (χ2v) is 6.87. The maximum atomic E-state index is 12.3. The second kappa shape index (κ2) is 8.68. The summed E-state index contributed by atoms with van der Waals surface area (Å²) < 4.78 is 7.21. The van der Waals surface area contributed by atoms with Crippen LogP contribution in [0.2, 0.25) is 0 Å². The summed E-state index contributed by atoms with van der Waals surface area (Å²) in [6.07, 6.45) is 3.45. The number of benzene rings is 1. The number of amides is 1. The molecule has 7 nitrogen and oxygen atoms in total. The lowest BCUT2D eigenvalue weighted by Gasteiger charge is -2.17. The molecule has 0 aliphatic heterocycles. The monoisotopic (exact) mass is 383 g/mol. The lowest BCUT2D eigenvalue weighted by Crippen LogP contribution is -2.28. The molecule has 2 heterocycles. The Kier molecular flexibility index (Phi) is 6.08. The van der Waals surface area contributed by atoms with Crippen molar-refractivity contribution in [3.8, 4) is 17.1 Å². The number of ether oxygens (including phenoxy) is 1. The van der Waals surface area contributed by atoms with Crippen molar-refractivity contribution in [1.29, 1.82) is 0 Å². The predicted molar refractivity (Wildman–Crippen MR) is 105 cm³/mol. The van der Waals surface area contributed by atoms with Crippen LogP contribution < -0.4 is 10.1 Å². The van der Waals surface area contributed by atoms with Gasteiger partial charge in [-0.2, -0.15) is 0 Å². The number of carbonyl (C=O) groups is 1. The molecule has 1 aromatic carbocycles. The van der Waals surface area contributed by atoms with Crippen molar-refractivity contribution >= 4 is 17.7 Å². The average Bonchev–Trinajstić information content (AvgIpc) is 3.07. The fourth-order valence-corrected chi connectivity index (χ4v) is 3.42. The number of nitrogens with one attached hydrogen (secondary N) is 1. The summed E-state index contributed by atoms with van der Waals surface area (Å²) in [4.78, 5) is 16.4. The van der Waals surface area contributed by atoms with Gasteiger partial charge in [-0.25, -0.2) is 0 Å². The number of pyridine rings is 1. The molecule has 0 aliphatic rings. The van der Waals surface area contributed by atoms with Crippen LogP contribution in [-0.2, 0) is 11.8 Å². The van der Waals surface area contributed by atoms with Crippen LogP contribution in [0.15, 0.2) is 53.9 Å². The van der Waals surface area contributed by atoms with Crippen LogP contribution in [0.1, 0.15) is 18.5 Å². The minimum Gasteiger partial charge on any atom is -0.496 e. The van der Waals surface area contributed by atoms with E-state index in [9.17, 15) is 4.79 Å². The van der Waals surface area contributed by atoms with Crippen molar-refractivity contribution in [3.05, 3.63) is 54.4 Å². The van der Waals surface area contributed by atoms with Gasteiger partial charge < -0.3 is 14.6 Å². The van der Waals surface area contributed by atoms with Gasteiger partial charge in [0.05, 0.1) is 18.9 Å². The molecule has 0 saturated heterocycles. The highest BCUT2D eigenvalue weighted by atomic mass is 32.2. The van der Waals surface area contributed by atoms with Crippen molar-refractivity contribution in [2.45, 2.75) is 18.1 Å². The van der Waals surface area contributed by atoms with Gasteiger partial charge in [0.25, 0.3) is 0 Å². The first-order valence-electron chi connectivity index (χ1n) is 8.45. The molecule has 1 atom stereocenters. The number of para-hydroxylation sites is 1. The van der Waals surface area contributed by atoms with Gasteiger partial charge >= 0.3 is 0 Å². The maximum Gasteiger partial charge on any atom is 0.230 e. The third-order valence-corrected chi connectivity index (χ3v) is 5.09. The molecular weight excluding hydrogens is 362 g/mol. The van der Waals surface area contributed by atoms with Gasteiger partial charge in [-0.15, -0.1) is 10.2 Å². The Hall–Kier alpha value is -2.87. The quantitative estimate of drug-likeness (QED) is 0.632. The summed E-state index contributed by atoms with van der Waals surface area (Å²) in [7, 11) is 3.50. The molecule has 2 aromatic heterocycles. The summed E-state index contributed by atoms with van der Waals surface area (Å²) in [6, 6.07) is 11.3. The Morgan fingerprint density at radius 1 is 1.26 bits per heavy atom. The molecule has 0 radical (unpaired) electrons. The lowest BCUT2D eigenvalue weighted by molar-refractivity contribution is -0.119. The predicted octanol–water partition coefficient (Wildman–Crippen LogP) is 2.86. The molecule has 27 heavy (non-hydrogen) atoms. The first-order chi connectivity index (χ1) is 13.1. The van der Waals surface area contributed by atoms with Crippen molar-refractivity contribution in [2.24, 2.45) is 7.05 Å². The van der Waals surface area contributed by atoms with E-state index < -0.39 is 0 Å². The normalized spacial score (nSPS) is 11.8. The number of nitrogens with zero attached hydrogens (tertiary/aromatic N) is 4. The number of aromatic nitrogens is 4. The lowest BCUT2D eigenvalue weighted by atomic mass is 10.1. The number of thioether (sulfide) groups is 1. The second-order valence-electron chi connectivity index (χ2n) is 5.93. The minimum atomic E-state index is -0.153. The molecular formula is C19H21N5O2S. The van der Waals surface area contributed by atoms with Crippen LogP contribution >= 0.6 is 11.8 Å². The Morgan fingerprint density at radius 2 is 2.07 bits per heavy atom. The van der Waals surface area contributed by atoms with Gasteiger partial charge in [-0.3, -0.25) is 9.78 Å². The van der Waals surface area contributed by atoms with E-state index in [4.69, 9.17) is 4.74 Å². The summed E-state index contributed by atoms with van der Waals surface area (Å²) >= 11 is 1.34. The number of hydrogen-bond acceptors (Lipinski definition) is 6. The van der Waals surface area contributed by atoms with E-state index >= 15 is 0 Å². The van der Waals surface area contributed by atoms with Crippen molar-refractivity contribution in [2.75, 3.05) is 12.9 Å². The molecule has 0 aliphatic carbocycles. The van der Waals surface area contributed by atoms with E-state index in [1.54, 1.807) is 19.5 Å². The van der Waals surface area contributed by atoms with Crippen molar-refractivity contribution in [3.63, 3.8) is 0 Å². The maximum absolute atomic E-state index is 12.3. The fourth-order valence-electron chi connectivity index (χ4n) is 2.70. The summed E-state index contributed by atoms with van der Waals surface area (Å²) in [5.74, 6) is 1.64. The van der Waals surface area contributed by atoms with E-state index in [2.05, 4.69) is 20.5 Å². The zero-order valence-corrected chi connectivity index (χ0v) is 16.2. The van der Waals surface area contributed by atoms with Gasteiger partial charge in [0.2, 0.25) is 5.91 Å². The zero-order chi connectivity index (χ0) is 19.2. The molecule has 0 saturated carbocycles. The number of rotatable bonds is 7. The van der Waals surface area contributed by atoms with E-state index in [-0.39, 0.29) is 17.7 Å². The molecule has 0 spiro atoms. The summed E-state index contributed by atoms with van der Waals surface area (Å²) in [5, 5.41) is 12.0.